The molecule has 1 heterocycles. The Hall–Kier alpha value is -1.26. The highest BCUT2D eigenvalue weighted by molar-refractivity contribution is 6.34. The van der Waals surface area contributed by atoms with E-state index in [9.17, 15) is 4.79 Å². The second kappa shape index (κ2) is 5.39. The van der Waals surface area contributed by atoms with E-state index >= 15 is 0 Å². The van der Waals surface area contributed by atoms with Crippen LogP contribution in [0.4, 0.5) is 5.69 Å². The highest BCUT2D eigenvalue weighted by Crippen LogP contribution is 2.28. The predicted molar refractivity (Wildman–Crippen MR) is 78.9 cm³/mol. The van der Waals surface area contributed by atoms with Gasteiger partial charge in [-0.15, -0.1) is 0 Å². The molecule has 0 unspecified atom stereocenters. The fraction of sp³-hybridized carbons (Fsp3) is 0.500. The van der Waals surface area contributed by atoms with Crippen LogP contribution in [0.1, 0.15) is 30.1 Å². The number of hydrogen-bond donors (Lipinski definition) is 2. The maximum atomic E-state index is 11.1. The molecule has 1 aliphatic rings. The summed E-state index contributed by atoms with van der Waals surface area (Å²) in [4.78, 5) is 13.4. The molecule has 1 fully saturated rings. The van der Waals surface area contributed by atoms with Crippen molar-refractivity contribution in [2.45, 2.75) is 25.3 Å². The number of benzene rings is 1. The average molecular weight is 282 g/mol. The van der Waals surface area contributed by atoms with E-state index in [0.29, 0.717) is 10.6 Å². The third-order valence-corrected chi connectivity index (χ3v) is 4.37. The van der Waals surface area contributed by atoms with E-state index in [0.717, 1.165) is 31.6 Å². The third kappa shape index (κ3) is 3.01. The number of carbonyl (C=O) groups is 1. The fourth-order valence-corrected chi connectivity index (χ4v) is 2.68. The number of piperidine rings is 1. The van der Waals surface area contributed by atoms with Gasteiger partial charge in [0.15, 0.2) is 0 Å². The Morgan fingerprint density at radius 2 is 2.05 bits per heavy atom. The molecule has 1 aliphatic heterocycles. The molecule has 1 aromatic rings. The molecule has 1 saturated heterocycles. The minimum atomic E-state index is -0.488. The number of primary amides is 1. The van der Waals surface area contributed by atoms with Crippen molar-refractivity contribution in [3.05, 3.63) is 28.8 Å². The van der Waals surface area contributed by atoms with Gasteiger partial charge >= 0.3 is 0 Å². The number of anilines is 1. The summed E-state index contributed by atoms with van der Waals surface area (Å²) in [5, 5.41) is 3.80. The fourth-order valence-electron chi connectivity index (χ4n) is 2.41. The van der Waals surface area contributed by atoms with Gasteiger partial charge in [-0.1, -0.05) is 11.6 Å². The highest BCUT2D eigenvalue weighted by atomic mass is 35.5. The van der Waals surface area contributed by atoms with Crippen molar-refractivity contribution in [1.82, 2.24) is 5.32 Å². The molecule has 0 spiro atoms. The van der Waals surface area contributed by atoms with Gasteiger partial charge in [0, 0.05) is 24.3 Å². The van der Waals surface area contributed by atoms with Crippen LogP contribution >= 0.6 is 11.6 Å². The maximum Gasteiger partial charge on any atom is 0.250 e. The van der Waals surface area contributed by atoms with Crippen LogP contribution in [0.25, 0.3) is 0 Å². The smallest absolute Gasteiger partial charge is 0.250 e. The Morgan fingerprint density at radius 1 is 1.42 bits per heavy atom. The van der Waals surface area contributed by atoms with E-state index < -0.39 is 5.91 Å². The summed E-state index contributed by atoms with van der Waals surface area (Å²) in [6.07, 6.45) is 2.16. The van der Waals surface area contributed by atoms with Crippen molar-refractivity contribution in [3.8, 4) is 0 Å². The van der Waals surface area contributed by atoms with E-state index in [4.69, 9.17) is 17.3 Å². The average Bonchev–Trinajstić information content (AvgIpc) is 2.39. The minimum Gasteiger partial charge on any atom is -0.371 e. The molecule has 0 saturated carbocycles. The Morgan fingerprint density at radius 3 is 2.53 bits per heavy atom. The van der Waals surface area contributed by atoms with Gasteiger partial charge in [0.05, 0.1) is 10.6 Å². The Balaban J connectivity index is 2.12. The van der Waals surface area contributed by atoms with Crippen LogP contribution in [0.3, 0.4) is 0 Å². The lowest BCUT2D eigenvalue weighted by Gasteiger charge is -2.40. The van der Waals surface area contributed by atoms with E-state index in [1.807, 2.05) is 19.2 Å². The van der Waals surface area contributed by atoms with Crippen LogP contribution in [-0.2, 0) is 0 Å². The van der Waals surface area contributed by atoms with Gasteiger partial charge < -0.3 is 16.0 Å². The monoisotopic (exact) mass is 281 g/mol. The van der Waals surface area contributed by atoms with Crippen LogP contribution in [0.2, 0.25) is 5.02 Å². The summed E-state index contributed by atoms with van der Waals surface area (Å²) in [5.41, 5.74) is 6.89. The molecule has 1 aromatic carbocycles. The van der Waals surface area contributed by atoms with Crippen LogP contribution in [-0.4, -0.2) is 31.6 Å². The molecule has 5 heteroatoms. The number of rotatable bonds is 3. The van der Waals surface area contributed by atoms with E-state index in [1.165, 1.54) is 0 Å². The summed E-state index contributed by atoms with van der Waals surface area (Å²) in [7, 11) is 2.01. The minimum absolute atomic E-state index is 0.216. The van der Waals surface area contributed by atoms with Crippen molar-refractivity contribution < 1.29 is 4.79 Å². The SMILES string of the molecule is CNC1(C)CCN(c2ccc(C(N)=O)c(Cl)c2)CC1. The van der Waals surface area contributed by atoms with E-state index in [-0.39, 0.29) is 5.54 Å². The lowest BCUT2D eigenvalue weighted by atomic mass is 9.89. The molecule has 2 rings (SSSR count). The Bertz CT molecular complexity index is 482. The predicted octanol–water partition coefficient (Wildman–Crippen LogP) is 2.02. The highest BCUT2D eigenvalue weighted by Gasteiger charge is 2.28. The molecule has 104 valence electrons. The molecule has 4 nitrogen and oxygen atoms in total. The normalized spacial score (nSPS) is 18.4. The summed E-state index contributed by atoms with van der Waals surface area (Å²) in [6, 6.07) is 5.43. The third-order valence-electron chi connectivity index (χ3n) is 4.05. The zero-order valence-electron chi connectivity index (χ0n) is 11.4. The van der Waals surface area contributed by atoms with Gasteiger partial charge in [-0.2, -0.15) is 0 Å². The number of nitrogens with one attached hydrogen (secondary N) is 1. The largest absolute Gasteiger partial charge is 0.371 e. The van der Waals surface area contributed by atoms with Crippen LogP contribution in [0, 0.1) is 0 Å². The molecule has 1 amide bonds. The topological polar surface area (TPSA) is 58.4 Å². The molecule has 19 heavy (non-hydrogen) atoms. The molecule has 0 aromatic heterocycles. The molecule has 0 atom stereocenters. The standard InChI is InChI=1S/C14H20ClN3O/c1-14(17-2)5-7-18(8-6-14)10-3-4-11(13(16)19)12(15)9-10/h3-4,9,17H,5-8H2,1-2H3,(H2,16,19). The first-order valence-corrected chi connectivity index (χ1v) is 6.86. The lowest BCUT2D eigenvalue weighted by molar-refractivity contribution is 0.100. The number of carbonyl (C=O) groups excluding carboxylic acids is 1. The van der Waals surface area contributed by atoms with Crippen molar-refractivity contribution in [3.63, 3.8) is 0 Å². The van der Waals surface area contributed by atoms with Gasteiger partial charge in [-0.3, -0.25) is 4.79 Å². The molecule has 3 N–H and O–H groups in total. The summed E-state index contributed by atoms with van der Waals surface area (Å²) in [5.74, 6) is -0.488. The van der Waals surface area contributed by atoms with E-state index in [2.05, 4.69) is 17.1 Å². The van der Waals surface area contributed by atoms with Crippen molar-refractivity contribution in [2.24, 2.45) is 5.73 Å². The quantitative estimate of drug-likeness (QED) is 0.891. The summed E-state index contributed by atoms with van der Waals surface area (Å²) in [6.45, 7) is 4.20. The van der Waals surface area contributed by atoms with Gasteiger partial charge in [-0.05, 0) is 45.0 Å². The second-order valence-electron chi connectivity index (χ2n) is 5.33. The molecule has 0 aliphatic carbocycles. The zero-order chi connectivity index (χ0) is 14.0. The van der Waals surface area contributed by atoms with Gasteiger partial charge in [0.25, 0.3) is 0 Å². The van der Waals surface area contributed by atoms with Crippen LogP contribution in [0.5, 0.6) is 0 Å². The van der Waals surface area contributed by atoms with Crippen LogP contribution < -0.4 is 16.0 Å². The Kier molecular flexibility index (Phi) is 4.02. The van der Waals surface area contributed by atoms with Gasteiger partial charge in [0.2, 0.25) is 5.91 Å². The van der Waals surface area contributed by atoms with Crippen molar-refractivity contribution >= 4 is 23.2 Å². The number of nitrogens with two attached hydrogens (primary N) is 1. The van der Waals surface area contributed by atoms with E-state index in [1.54, 1.807) is 6.07 Å². The summed E-state index contributed by atoms with van der Waals surface area (Å²) < 4.78 is 0. The first-order chi connectivity index (χ1) is 8.95. The maximum absolute atomic E-state index is 11.1. The molecular weight excluding hydrogens is 262 g/mol. The van der Waals surface area contributed by atoms with Crippen molar-refractivity contribution in [1.29, 1.82) is 0 Å². The number of halogens is 1. The Labute approximate surface area is 118 Å². The molecule has 0 bridgehead atoms. The first-order valence-electron chi connectivity index (χ1n) is 6.48. The number of nitrogens with zero attached hydrogens (tertiary/aromatic N) is 1. The van der Waals surface area contributed by atoms with Gasteiger partial charge in [0.1, 0.15) is 0 Å². The number of hydrogen-bond acceptors (Lipinski definition) is 3. The first kappa shape index (κ1) is 14.2. The molecule has 0 radical (unpaired) electrons. The lowest BCUT2D eigenvalue weighted by Crippen LogP contribution is -2.50. The summed E-state index contributed by atoms with van der Waals surface area (Å²) >= 11 is 6.09. The van der Waals surface area contributed by atoms with Crippen molar-refractivity contribution in [2.75, 3.05) is 25.0 Å². The van der Waals surface area contributed by atoms with Gasteiger partial charge in [-0.25, -0.2) is 0 Å². The molecular formula is C14H20ClN3O. The zero-order valence-corrected chi connectivity index (χ0v) is 12.1. The number of amides is 1. The van der Waals surface area contributed by atoms with Crippen LogP contribution in [0.15, 0.2) is 18.2 Å². The second-order valence-corrected chi connectivity index (χ2v) is 5.73.